The third-order valence-electron chi connectivity index (χ3n) is 1.31. The summed E-state index contributed by atoms with van der Waals surface area (Å²) in [5.41, 5.74) is -0.621. The Morgan fingerprint density at radius 3 is 2.08 bits per heavy atom. The van der Waals surface area contributed by atoms with Crippen molar-refractivity contribution in [2.75, 3.05) is 0 Å². The summed E-state index contributed by atoms with van der Waals surface area (Å²) in [6, 6.07) is 2.22. The van der Waals surface area contributed by atoms with E-state index in [-0.39, 0.29) is 0 Å². The topological polar surface area (TPSA) is 0 Å². The van der Waals surface area contributed by atoms with Crippen molar-refractivity contribution >= 4 is 61.1 Å². The van der Waals surface area contributed by atoms with Crippen LogP contribution in [0.1, 0.15) is 5.56 Å². The van der Waals surface area contributed by atoms with Crippen LogP contribution >= 0.6 is 61.1 Å². The van der Waals surface area contributed by atoms with Gasteiger partial charge in [0.15, 0.2) is 0 Å². The van der Waals surface area contributed by atoms with Crippen LogP contribution in [0.5, 0.6) is 0 Å². The van der Waals surface area contributed by atoms with Crippen LogP contribution in [0.25, 0.3) is 0 Å². The summed E-state index contributed by atoms with van der Waals surface area (Å²) in [6.45, 7) is 0. The van der Waals surface area contributed by atoms with Gasteiger partial charge in [-0.3, -0.25) is 0 Å². The Labute approximate surface area is 109 Å². The predicted molar refractivity (Wildman–Crippen MR) is 64.6 cm³/mol. The van der Waals surface area contributed by atoms with Crippen molar-refractivity contribution in [1.29, 1.82) is 0 Å². The SMILES string of the molecule is FC(F)(F)c1cc(Br)c(I)c(I)c1. The first kappa shape index (κ1) is 12.0. The highest BCUT2D eigenvalue weighted by molar-refractivity contribution is 14.1. The molecule has 0 aromatic heterocycles. The van der Waals surface area contributed by atoms with Gasteiger partial charge in [0.1, 0.15) is 0 Å². The van der Waals surface area contributed by atoms with E-state index in [0.717, 1.165) is 15.7 Å². The largest absolute Gasteiger partial charge is 0.416 e. The first-order valence-corrected chi connectivity index (χ1v) is 5.99. The fourth-order valence-electron chi connectivity index (χ4n) is 0.719. The zero-order valence-corrected chi connectivity index (χ0v) is 11.8. The molecule has 0 saturated carbocycles. The predicted octanol–water partition coefficient (Wildman–Crippen LogP) is 4.68. The van der Waals surface area contributed by atoms with Crippen molar-refractivity contribution in [3.63, 3.8) is 0 Å². The molecule has 0 bridgehead atoms. The fourth-order valence-corrected chi connectivity index (χ4v) is 2.49. The molecule has 1 aromatic carbocycles. The minimum Gasteiger partial charge on any atom is -0.166 e. The van der Waals surface area contributed by atoms with Crippen LogP contribution in [0, 0.1) is 7.14 Å². The maximum absolute atomic E-state index is 12.3. The molecule has 0 atom stereocenters. The molecule has 0 nitrogen and oxygen atoms in total. The molecule has 6 heteroatoms. The van der Waals surface area contributed by atoms with Gasteiger partial charge in [0, 0.05) is 11.6 Å². The average Bonchev–Trinajstić information content (AvgIpc) is 1.97. The van der Waals surface area contributed by atoms with Gasteiger partial charge in [-0.05, 0) is 73.2 Å². The van der Waals surface area contributed by atoms with Crippen molar-refractivity contribution in [3.05, 3.63) is 29.3 Å². The summed E-state index contributed by atoms with van der Waals surface area (Å²) in [4.78, 5) is 0. The molecule has 0 aliphatic rings. The first-order chi connectivity index (χ1) is 5.82. The summed E-state index contributed by atoms with van der Waals surface area (Å²) in [5.74, 6) is 0. The molecule has 0 N–H and O–H groups in total. The van der Waals surface area contributed by atoms with Crippen molar-refractivity contribution in [3.8, 4) is 0 Å². The van der Waals surface area contributed by atoms with Gasteiger partial charge in [-0.1, -0.05) is 0 Å². The molecule has 0 fully saturated rings. The van der Waals surface area contributed by atoms with Crippen LogP contribution in [0.15, 0.2) is 16.6 Å². The van der Waals surface area contributed by atoms with E-state index < -0.39 is 11.7 Å². The van der Waals surface area contributed by atoms with E-state index in [0.29, 0.717) is 8.04 Å². The quantitative estimate of drug-likeness (QED) is 0.377. The fraction of sp³-hybridized carbons (Fsp3) is 0.143. The van der Waals surface area contributed by atoms with Crippen LogP contribution in [-0.2, 0) is 6.18 Å². The third kappa shape index (κ3) is 2.95. The van der Waals surface area contributed by atoms with E-state index in [1.807, 2.05) is 45.2 Å². The van der Waals surface area contributed by atoms with Crippen molar-refractivity contribution in [2.24, 2.45) is 0 Å². The van der Waals surface area contributed by atoms with Gasteiger partial charge in [-0.15, -0.1) is 0 Å². The maximum atomic E-state index is 12.3. The monoisotopic (exact) mass is 476 g/mol. The van der Waals surface area contributed by atoms with Crippen LogP contribution < -0.4 is 0 Å². The number of rotatable bonds is 0. The summed E-state index contributed by atoms with van der Waals surface area (Å²) in [7, 11) is 0. The molecule has 0 radical (unpaired) electrons. The lowest BCUT2D eigenvalue weighted by Gasteiger charge is -2.09. The van der Waals surface area contributed by atoms with Crippen LogP contribution in [0.4, 0.5) is 13.2 Å². The van der Waals surface area contributed by atoms with Gasteiger partial charge in [0.25, 0.3) is 0 Å². The molecular weight excluding hydrogens is 475 g/mol. The second-order valence-electron chi connectivity index (χ2n) is 2.25. The molecule has 13 heavy (non-hydrogen) atoms. The number of halogens is 6. The van der Waals surface area contributed by atoms with Gasteiger partial charge >= 0.3 is 6.18 Å². The Morgan fingerprint density at radius 1 is 1.15 bits per heavy atom. The Balaban J connectivity index is 3.29. The van der Waals surface area contributed by atoms with Crippen molar-refractivity contribution in [1.82, 2.24) is 0 Å². The maximum Gasteiger partial charge on any atom is 0.416 e. The molecule has 1 rings (SSSR count). The Morgan fingerprint density at radius 2 is 1.69 bits per heavy atom. The van der Waals surface area contributed by atoms with Gasteiger partial charge in [-0.25, -0.2) is 0 Å². The van der Waals surface area contributed by atoms with E-state index >= 15 is 0 Å². The van der Waals surface area contributed by atoms with Crippen molar-refractivity contribution in [2.45, 2.75) is 6.18 Å². The van der Waals surface area contributed by atoms with Crippen molar-refractivity contribution < 1.29 is 13.2 Å². The molecule has 0 aliphatic heterocycles. The lowest BCUT2D eigenvalue weighted by atomic mass is 10.2. The smallest absolute Gasteiger partial charge is 0.166 e. The molecular formula is C7H2BrF3I2. The number of hydrogen-bond acceptors (Lipinski definition) is 0. The van der Waals surface area contributed by atoms with E-state index in [4.69, 9.17) is 0 Å². The zero-order valence-electron chi connectivity index (χ0n) is 5.92. The first-order valence-electron chi connectivity index (χ1n) is 3.04. The summed E-state index contributed by atoms with van der Waals surface area (Å²) in [6.07, 6.45) is -4.27. The molecule has 0 saturated heterocycles. The summed E-state index contributed by atoms with van der Waals surface area (Å²) in [5, 5.41) is 0. The number of benzene rings is 1. The lowest BCUT2D eigenvalue weighted by Crippen LogP contribution is -2.05. The molecule has 0 heterocycles. The lowest BCUT2D eigenvalue weighted by molar-refractivity contribution is -0.137. The molecule has 0 spiro atoms. The highest BCUT2D eigenvalue weighted by atomic mass is 127. The molecule has 72 valence electrons. The number of hydrogen-bond donors (Lipinski definition) is 0. The van der Waals surface area contributed by atoms with Crippen LogP contribution in [-0.4, -0.2) is 0 Å². The number of alkyl halides is 3. The van der Waals surface area contributed by atoms with Crippen LogP contribution in [0.2, 0.25) is 0 Å². The van der Waals surface area contributed by atoms with E-state index in [2.05, 4.69) is 15.9 Å². The summed E-state index contributed by atoms with van der Waals surface area (Å²) < 4.78 is 38.6. The normalized spacial score (nSPS) is 11.8. The molecule has 0 amide bonds. The molecule has 0 aliphatic carbocycles. The third-order valence-corrected chi connectivity index (χ3v) is 5.72. The summed E-state index contributed by atoms with van der Waals surface area (Å²) >= 11 is 6.95. The van der Waals surface area contributed by atoms with E-state index in [1.54, 1.807) is 0 Å². The second kappa shape index (κ2) is 4.21. The standard InChI is InChI=1S/C7H2BrF3I2/c8-4-1-3(7(9,10)11)2-5(12)6(4)13/h1-2H. The second-order valence-corrected chi connectivity index (χ2v) is 5.35. The Bertz CT molecular complexity index is 312. The Kier molecular flexibility index (Phi) is 3.90. The highest BCUT2D eigenvalue weighted by Crippen LogP contribution is 2.34. The van der Waals surface area contributed by atoms with Gasteiger partial charge < -0.3 is 0 Å². The van der Waals surface area contributed by atoms with Gasteiger partial charge in [-0.2, -0.15) is 13.2 Å². The Hall–Kier alpha value is 0.950. The molecule has 0 unspecified atom stereocenters. The minimum atomic E-state index is -4.27. The van der Waals surface area contributed by atoms with E-state index in [1.165, 1.54) is 0 Å². The van der Waals surface area contributed by atoms with Gasteiger partial charge in [0.2, 0.25) is 0 Å². The van der Waals surface area contributed by atoms with Gasteiger partial charge in [0.05, 0.1) is 5.56 Å². The highest BCUT2D eigenvalue weighted by Gasteiger charge is 2.31. The van der Waals surface area contributed by atoms with E-state index in [9.17, 15) is 13.2 Å². The zero-order chi connectivity index (χ0) is 10.2. The van der Waals surface area contributed by atoms with Crippen LogP contribution in [0.3, 0.4) is 0 Å². The average molecular weight is 477 g/mol. The molecule has 1 aromatic rings. The minimum absolute atomic E-state index is 0.479.